The predicted molar refractivity (Wildman–Crippen MR) is 84.5 cm³/mol. The molecular weight excluding hydrogens is 292 g/mol. The summed E-state index contributed by atoms with van der Waals surface area (Å²) in [6.45, 7) is 0.686. The van der Waals surface area contributed by atoms with Gasteiger partial charge in [-0.3, -0.25) is 0 Å². The number of nitrogens with zero attached hydrogens (tertiary/aromatic N) is 6. The Kier molecular flexibility index (Phi) is 3.19. The van der Waals surface area contributed by atoms with Crippen molar-refractivity contribution in [3.05, 3.63) is 59.4 Å². The van der Waals surface area contributed by atoms with E-state index in [2.05, 4.69) is 42.8 Å². The highest BCUT2D eigenvalue weighted by atomic mass is 15.4. The van der Waals surface area contributed by atoms with Crippen LogP contribution in [0.5, 0.6) is 0 Å². The Morgan fingerprint density at radius 1 is 1.13 bits per heavy atom. The van der Waals surface area contributed by atoms with Gasteiger partial charge in [0.05, 0.1) is 12.2 Å². The molecule has 0 saturated heterocycles. The molecule has 3 N–H and O–H groups in total. The SMILES string of the molecule is Nc1cc(Cc2cn(Cc3ccccc3)nn2)c2n[nH]nc2n1. The van der Waals surface area contributed by atoms with Gasteiger partial charge in [-0.25, -0.2) is 9.67 Å². The fourth-order valence-corrected chi connectivity index (χ4v) is 2.52. The van der Waals surface area contributed by atoms with Crippen molar-refractivity contribution in [1.82, 2.24) is 35.4 Å². The van der Waals surface area contributed by atoms with E-state index in [0.29, 0.717) is 29.9 Å². The van der Waals surface area contributed by atoms with Crippen molar-refractivity contribution in [2.24, 2.45) is 0 Å². The minimum Gasteiger partial charge on any atom is -0.384 e. The Labute approximate surface area is 131 Å². The number of nitrogens with one attached hydrogen (secondary N) is 1. The van der Waals surface area contributed by atoms with Crippen LogP contribution >= 0.6 is 0 Å². The third kappa shape index (κ3) is 2.73. The summed E-state index contributed by atoms with van der Waals surface area (Å²) >= 11 is 0. The molecule has 0 bridgehead atoms. The van der Waals surface area contributed by atoms with Crippen molar-refractivity contribution in [2.75, 3.05) is 5.73 Å². The highest BCUT2D eigenvalue weighted by molar-refractivity contribution is 5.75. The highest BCUT2D eigenvalue weighted by Gasteiger charge is 2.11. The fourth-order valence-electron chi connectivity index (χ4n) is 2.52. The molecule has 0 fully saturated rings. The largest absolute Gasteiger partial charge is 0.384 e. The molecule has 0 radical (unpaired) electrons. The first kappa shape index (κ1) is 13.4. The van der Waals surface area contributed by atoms with Crippen LogP contribution in [0.2, 0.25) is 0 Å². The number of pyridine rings is 1. The second-order valence-corrected chi connectivity index (χ2v) is 5.27. The Balaban J connectivity index is 1.58. The zero-order valence-corrected chi connectivity index (χ0v) is 12.2. The molecule has 0 amide bonds. The molecule has 0 spiro atoms. The van der Waals surface area contributed by atoms with E-state index >= 15 is 0 Å². The maximum Gasteiger partial charge on any atom is 0.203 e. The van der Waals surface area contributed by atoms with Crippen LogP contribution in [0.15, 0.2) is 42.6 Å². The number of nitrogens with two attached hydrogens (primary N) is 1. The van der Waals surface area contributed by atoms with Crippen LogP contribution in [0.1, 0.15) is 16.8 Å². The van der Waals surface area contributed by atoms with Crippen LogP contribution in [0.25, 0.3) is 11.2 Å². The third-order valence-electron chi connectivity index (χ3n) is 3.54. The molecule has 0 aliphatic heterocycles. The summed E-state index contributed by atoms with van der Waals surface area (Å²) in [7, 11) is 0. The summed E-state index contributed by atoms with van der Waals surface area (Å²) in [6, 6.07) is 11.9. The number of hydrogen-bond donors (Lipinski definition) is 2. The lowest BCUT2D eigenvalue weighted by molar-refractivity contribution is 0.649. The van der Waals surface area contributed by atoms with Crippen LogP contribution in [0, 0.1) is 0 Å². The molecule has 8 nitrogen and oxygen atoms in total. The molecular formula is C15H14N8. The molecule has 0 saturated carbocycles. The number of benzene rings is 1. The van der Waals surface area contributed by atoms with E-state index in [1.54, 1.807) is 6.07 Å². The first-order valence-electron chi connectivity index (χ1n) is 7.17. The summed E-state index contributed by atoms with van der Waals surface area (Å²) in [5.74, 6) is 0.415. The van der Waals surface area contributed by atoms with Crippen LogP contribution in [-0.2, 0) is 13.0 Å². The normalized spacial score (nSPS) is 11.1. The maximum atomic E-state index is 5.81. The van der Waals surface area contributed by atoms with Crippen LogP contribution < -0.4 is 5.73 Å². The number of aromatic amines is 1. The van der Waals surface area contributed by atoms with Crippen molar-refractivity contribution in [3.63, 3.8) is 0 Å². The number of H-pyrrole nitrogens is 1. The zero-order chi connectivity index (χ0) is 15.6. The number of aromatic nitrogens is 7. The standard InChI is InChI=1S/C15H14N8/c16-13-7-11(14-15(17-13)20-21-19-14)6-12-9-23(22-18-12)8-10-4-2-1-3-5-10/h1-5,7,9H,6,8H2,(H3,16,17,19,20,21). The highest BCUT2D eigenvalue weighted by Crippen LogP contribution is 2.18. The molecule has 3 heterocycles. The number of anilines is 1. The van der Waals surface area contributed by atoms with Crippen LogP contribution in [0.4, 0.5) is 5.82 Å². The second-order valence-electron chi connectivity index (χ2n) is 5.27. The Bertz CT molecular complexity index is 940. The van der Waals surface area contributed by atoms with Gasteiger partial charge in [-0.1, -0.05) is 35.5 Å². The smallest absolute Gasteiger partial charge is 0.203 e. The molecule has 0 atom stereocenters. The lowest BCUT2D eigenvalue weighted by Gasteiger charge is -2.01. The lowest BCUT2D eigenvalue weighted by Crippen LogP contribution is -1.99. The van der Waals surface area contributed by atoms with Gasteiger partial charge < -0.3 is 5.73 Å². The molecule has 0 unspecified atom stereocenters. The molecule has 1 aromatic carbocycles. The van der Waals surface area contributed by atoms with Crippen molar-refractivity contribution in [2.45, 2.75) is 13.0 Å². The number of fused-ring (bicyclic) bond motifs is 1. The summed E-state index contributed by atoms with van der Waals surface area (Å²) < 4.78 is 1.81. The minimum absolute atomic E-state index is 0.415. The molecule has 4 rings (SSSR count). The minimum atomic E-state index is 0.415. The molecule has 4 aromatic rings. The molecule has 0 aliphatic carbocycles. The predicted octanol–water partition coefficient (Wildman–Crippen LogP) is 1.17. The molecule has 0 aliphatic rings. The first-order valence-corrected chi connectivity index (χ1v) is 7.17. The van der Waals surface area contributed by atoms with Gasteiger partial charge in [0, 0.05) is 12.6 Å². The van der Waals surface area contributed by atoms with Gasteiger partial charge in [-0.05, 0) is 17.2 Å². The van der Waals surface area contributed by atoms with E-state index in [9.17, 15) is 0 Å². The Morgan fingerprint density at radius 3 is 2.87 bits per heavy atom. The van der Waals surface area contributed by atoms with E-state index in [0.717, 1.165) is 11.3 Å². The average molecular weight is 306 g/mol. The quantitative estimate of drug-likeness (QED) is 0.585. The van der Waals surface area contributed by atoms with Gasteiger partial charge in [0.1, 0.15) is 11.3 Å². The lowest BCUT2D eigenvalue weighted by atomic mass is 10.1. The summed E-state index contributed by atoms with van der Waals surface area (Å²) in [5, 5.41) is 19.1. The van der Waals surface area contributed by atoms with E-state index in [1.807, 2.05) is 29.1 Å². The molecule has 23 heavy (non-hydrogen) atoms. The Morgan fingerprint density at radius 2 is 2.00 bits per heavy atom. The van der Waals surface area contributed by atoms with Crippen molar-refractivity contribution < 1.29 is 0 Å². The first-order chi connectivity index (χ1) is 11.3. The molecule has 3 aromatic heterocycles. The van der Waals surface area contributed by atoms with Gasteiger partial charge in [0.25, 0.3) is 0 Å². The zero-order valence-electron chi connectivity index (χ0n) is 12.2. The Hall–Kier alpha value is -3.29. The fraction of sp³-hybridized carbons (Fsp3) is 0.133. The average Bonchev–Trinajstić information content (AvgIpc) is 3.17. The maximum absolute atomic E-state index is 5.81. The van der Waals surface area contributed by atoms with Crippen molar-refractivity contribution in [3.8, 4) is 0 Å². The van der Waals surface area contributed by atoms with Gasteiger partial charge in [0.15, 0.2) is 0 Å². The molecule has 8 heteroatoms. The van der Waals surface area contributed by atoms with Crippen molar-refractivity contribution in [1.29, 1.82) is 0 Å². The van der Waals surface area contributed by atoms with E-state index in [4.69, 9.17) is 5.73 Å². The van der Waals surface area contributed by atoms with E-state index < -0.39 is 0 Å². The third-order valence-corrected chi connectivity index (χ3v) is 3.54. The monoisotopic (exact) mass is 306 g/mol. The van der Waals surface area contributed by atoms with Gasteiger partial charge >= 0.3 is 0 Å². The van der Waals surface area contributed by atoms with Crippen molar-refractivity contribution >= 4 is 17.0 Å². The topological polar surface area (TPSA) is 111 Å². The summed E-state index contributed by atoms with van der Waals surface area (Å²) in [5.41, 5.74) is 9.97. The number of nitrogen functional groups attached to an aromatic ring is 1. The van der Waals surface area contributed by atoms with Gasteiger partial charge in [-0.15, -0.1) is 10.2 Å². The van der Waals surface area contributed by atoms with Crippen LogP contribution in [0.3, 0.4) is 0 Å². The van der Waals surface area contributed by atoms with Crippen LogP contribution in [-0.4, -0.2) is 35.4 Å². The van der Waals surface area contributed by atoms with E-state index in [-0.39, 0.29) is 0 Å². The molecule has 114 valence electrons. The van der Waals surface area contributed by atoms with Gasteiger partial charge in [-0.2, -0.15) is 10.3 Å². The number of rotatable bonds is 4. The second kappa shape index (κ2) is 5.48. The number of hydrogen-bond acceptors (Lipinski definition) is 6. The van der Waals surface area contributed by atoms with E-state index in [1.165, 1.54) is 5.56 Å². The summed E-state index contributed by atoms with van der Waals surface area (Å²) in [6.07, 6.45) is 2.50. The van der Waals surface area contributed by atoms with Gasteiger partial charge in [0.2, 0.25) is 5.65 Å². The summed E-state index contributed by atoms with van der Waals surface area (Å²) in [4.78, 5) is 4.13.